The van der Waals surface area contributed by atoms with Crippen molar-refractivity contribution >= 4 is 23.0 Å². The number of rotatable bonds is 4. The van der Waals surface area contributed by atoms with Crippen molar-refractivity contribution in [3.8, 4) is 0 Å². The van der Waals surface area contributed by atoms with Gasteiger partial charge < -0.3 is 15.1 Å². The topological polar surface area (TPSA) is 37.2 Å². The lowest BCUT2D eigenvalue weighted by Crippen LogP contribution is -2.27. The molecular weight excluding hydrogens is 244 g/mol. The molecule has 4 heteroatoms. The molecule has 1 aromatic carbocycles. The number of aryl methyl sites for hydroxylation is 1. The normalized spacial score (nSPS) is 10.1. The zero-order valence-electron chi connectivity index (χ0n) is 10.3. The largest absolute Gasteiger partial charge is 0.472 e. The lowest BCUT2D eigenvalue weighted by atomic mass is 10.1. The molecule has 0 unspecified atom stereocenters. The first kappa shape index (κ1) is 12.6. The van der Waals surface area contributed by atoms with Crippen LogP contribution < -0.4 is 10.6 Å². The van der Waals surface area contributed by atoms with Crippen LogP contribution in [0.2, 0.25) is 0 Å². The lowest BCUT2D eigenvalue weighted by molar-refractivity contribution is 0.563. The number of benzene rings is 1. The Kier molecular flexibility index (Phi) is 4.36. The first-order chi connectivity index (χ1) is 8.78. The second kappa shape index (κ2) is 6.21. The van der Waals surface area contributed by atoms with Crippen molar-refractivity contribution in [1.29, 1.82) is 0 Å². The summed E-state index contributed by atoms with van der Waals surface area (Å²) in [6, 6.07) is 10.2. The van der Waals surface area contributed by atoms with E-state index in [4.69, 9.17) is 16.6 Å². The molecule has 2 rings (SSSR count). The van der Waals surface area contributed by atoms with Crippen LogP contribution in [0.3, 0.4) is 0 Å². The number of thiocarbonyl (C=S) groups is 1. The first-order valence-electron chi connectivity index (χ1n) is 5.93. The van der Waals surface area contributed by atoms with E-state index in [0.717, 1.165) is 17.7 Å². The van der Waals surface area contributed by atoms with Gasteiger partial charge in [0.15, 0.2) is 5.11 Å². The van der Waals surface area contributed by atoms with E-state index < -0.39 is 0 Å². The van der Waals surface area contributed by atoms with E-state index in [1.54, 1.807) is 12.5 Å². The van der Waals surface area contributed by atoms with E-state index in [2.05, 4.69) is 29.7 Å². The summed E-state index contributed by atoms with van der Waals surface area (Å²) in [4.78, 5) is 0. The van der Waals surface area contributed by atoms with Gasteiger partial charge in [0.05, 0.1) is 12.5 Å². The average molecular weight is 260 g/mol. The standard InChI is InChI=1S/C14H16N2OS/c1-2-11-3-5-13(6-4-11)16-14(18)15-9-12-7-8-17-10-12/h3-8,10H,2,9H2,1H3,(H2,15,16,18). The molecule has 0 aliphatic rings. The summed E-state index contributed by atoms with van der Waals surface area (Å²) in [5.74, 6) is 0. The molecule has 0 saturated heterocycles. The Morgan fingerprint density at radius 3 is 2.56 bits per heavy atom. The minimum atomic E-state index is 0.612. The molecule has 0 spiro atoms. The minimum Gasteiger partial charge on any atom is -0.472 e. The highest BCUT2D eigenvalue weighted by atomic mass is 32.1. The zero-order valence-corrected chi connectivity index (χ0v) is 11.1. The summed E-state index contributed by atoms with van der Waals surface area (Å²) >= 11 is 5.22. The van der Waals surface area contributed by atoms with Crippen molar-refractivity contribution in [1.82, 2.24) is 5.32 Å². The summed E-state index contributed by atoms with van der Waals surface area (Å²) in [5.41, 5.74) is 3.38. The second-order valence-electron chi connectivity index (χ2n) is 3.99. The lowest BCUT2D eigenvalue weighted by Gasteiger charge is -2.10. The van der Waals surface area contributed by atoms with Crippen LogP contribution >= 0.6 is 12.2 Å². The monoisotopic (exact) mass is 260 g/mol. The molecule has 0 bridgehead atoms. The van der Waals surface area contributed by atoms with Gasteiger partial charge in [0, 0.05) is 17.8 Å². The van der Waals surface area contributed by atoms with E-state index >= 15 is 0 Å². The Labute approximate surface area is 112 Å². The van der Waals surface area contributed by atoms with Gasteiger partial charge in [-0.3, -0.25) is 0 Å². The fourth-order valence-corrected chi connectivity index (χ4v) is 1.76. The highest BCUT2D eigenvalue weighted by molar-refractivity contribution is 7.80. The van der Waals surface area contributed by atoms with Crippen LogP contribution in [0.15, 0.2) is 47.3 Å². The molecular formula is C14H16N2OS. The van der Waals surface area contributed by atoms with Crippen molar-refractivity contribution < 1.29 is 4.42 Å². The molecule has 0 amide bonds. The maximum Gasteiger partial charge on any atom is 0.171 e. The van der Waals surface area contributed by atoms with E-state index in [9.17, 15) is 0 Å². The fraction of sp³-hybridized carbons (Fsp3) is 0.214. The summed E-state index contributed by atoms with van der Waals surface area (Å²) in [5, 5.41) is 6.88. The van der Waals surface area contributed by atoms with Crippen molar-refractivity contribution in [2.45, 2.75) is 19.9 Å². The first-order valence-corrected chi connectivity index (χ1v) is 6.33. The van der Waals surface area contributed by atoms with E-state index in [1.807, 2.05) is 18.2 Å². The molecule has 2 N–H and O–H groups in total. The van der Waals surface area contributed by atoms with Crippen LogP contribution in [0.4, 0.5) is 5.69 Å². The van der Waals surface area contributed by atoms with Gasteiger partial charge in [-0.05, 0) is 42.4 Å². The van der Waals surface area contributed by atoms with Gasteiger partial charge in [0.1, 0.15) is 0 Å². The highest BCUT2D eigenvalue weighted by Crippen LogP contribution is 2.09. The molecule has 0 radical (unpaired) electrons. The fourth-order valence-electron chi connectivity index (χ4n) is 1.57. The Morgan fingerprint density at radius 1 is 1.17 bits per heavy atom. The van der Waals surface area contributed by atoms with Crippen molar-refractivity contribution in [2.24, 2.45) is 0 Å². The van der Waals surface area contributed by atoms with Crippen LogP contribution in [-0.2, 0) is 13.0 Å². The molecule has 94 valence electrons. The zero-order chi connectivity index (χ0) is 12.8. The van der Waals surface area contributed by atoms with Crippen LogP contribution in [0.5, 0.6) is 0 Å². The molecule has 1 aromatic heterocycles. The third kappa shape index (κ3) is 3.60. The number of nitrogens with one attached hydrogen (secondary N) is 2. The van der Waals surface area contributed by atoms with Gasteiger partial charge in [-0.15, -0.1) is 0 Å². The van der Waals surface area contributed by atoms with Crippen LogP contribution in [0, 0.1) is 0 Å². The van der Waals surface area contributed by atoms with Gasteiger partial charge in [-0.25, -0.2) is 0 Å². The van der Waals surface area contributed by atoms with E-state index in [1.165, 1.54) is 5.56 Å². The van der Waals surface area contributed by atoms with Gasteiger partial charge >= 0.3 is 0 Å². The third-order valence-corrected chi connectivity index (χ3v) is 2.90. The Bertz CT molecular complexity index is 491. The quantitative estimate of drug-likeness (QED) is 0.827. The van der Waals surface area contributed by atoms with Gasteiger partial charge in [-0.2, -0.15) is 0 Å². The van der Waals surface area contributed by atoms with Gasteiger partial charge in [0.2, 0.25) is 0 Å². The van der Waals surface area contributed by atoms with Crippen molar-refractivity contribution in [2.75, 3.05) is 5.32 Å². The molecule has 18 heavy (non-hydrogen) atoms. The van der Waals surface area contributed by atoms with Crippen LogP contribution in [0.1, 0.15) is 18.1 Å². The van der Waals surface area contributed by atoms with Crippen molar-refractivity contribution in [3.63, 3.8) is 0 Å². The maximum absolute atomic E-state index is 5.22. The molecule has 0 aliphatic carbocycles. The summed E-state index contributed by atoms with van der Waals surface area (Å²) in [6.07, 6.45) is 4.39. The average Bonchev–Trinajstić information content (AvgIpc) is 2.90. The van der Waals surface area contributed by atoms with E-state index in [0.29, 0.717) is 11.7 Å². The predicted molar refractivity (Wildman–Crippen MR) is 77.6 cm³/mol. The highest BCUT2D eigenvalue weighted by Gasteiger charge is 1.99. The molecule has 0 fully saturated rings. The molecule has 1 heterocycles. The van der Waals surface area contributed by atoms with Crippen molar-refractivity contribution in [3.05, 3.63) is 54.0 Å². The van der Waals surface area contributed by atoms with Crippen LogP contribution in [0.25, 0.3) is 0 Å². The van der Waals surface area contributed by atoms with Crippen LogP contribution in [-0.4, -0.2) is 5.11 Å². The number of hydrogen-bond donors (Lipinski definition) is 2. The molecule has 0 aliphatic heterocycles. The Morgan fingerprint density at radius 2 is 1.94 bits per heavy atom. The molecule has 2 aromatic rings. The number of hydrogen-bond acceptors (Lipinski definition) is 2. The second-order valence-corrected chi connectivity index (χ2v) is 4.40. The maximum atomic E-state index is 5.22. The SMILES string of the molecule is CCc1ccc(NC(=S)NCc2ccoc2)cc1. The molecule has 0 atom stereocenters. The summed E-state index contributed by atoms with van der Waals surface area (Å²) < 4.78 is 4.99. The summed E-state index contributed by atoms with van der Waals surface area (Å²) in [7, 11) is 0. The predicted octanol–water partition coefficient (Wildman–Crippen LogP) is 3.33. The number of furan rings is 1. The Balaban J connectivity index is 1.83. The van der Waals surface area contributed by atoms with Gasteiger partial charge in [-0.1, -0.05) is 19.1 Å². The summed E-state index contributed by atoms with van der Waals surface area (Å²) in [6.45, 7) is 2.80. The third-order valence-electron chi connectivity index (χ3n) is 2.65. The van der Waals surface area contributed by atoms with E-state index in [-0.39, 0.29) is 0 Å². The molecule has 0 saturated carbocycles. The van der Waals surface area contributed by atoms with Gasteiger partial charge in [0.25, 0.3) is 0 Å². The minimum absolute atomic E-state index is 0.612. The molecule has 3 nitrogen and oxygen atoms in total. The Hall–Kier alpha value is -1.81. The smallest absolute Gasteiger partial charge is 0.171 e. The number of anilines is 1.